The van der Waals surface area contributed by atoms with Gasteiger partial charge < -0.3 is 4.90 Å². The lowest BCUT2D eigenvalue weighted by Gasteiger charge is -2.35. The number of hydrazone groups is 1. The summed E-state index contributed by atoms with van der Waals surface area (Å²) < 4.78 is 27.2. The van der Waals surface area contributed by atoms with Crippen molar-refractivity contribution in [3.05, 3.63) is 59.7 Å². The molecule has 1 fully saturated rings. The van der Waals surface area contributed by atoms with Crippen molar-refractivity contribution in [2.75, 3.05) is 31.2 Å². The van der Waals surface area contributed by atoms with Gasteiger partial charge in [-0.15, -0.1) is 0 Å². The fourth-order valence-corrected chi connectivity index (χ4v) is 5.19. The van der Waals surface area contributed by atoms with Gasteiger partial charge in [0.2, 0.25) is 15.9 Å². The van der Waals surface area contributed by atoms with Gasteiger partial charge >= 0.3 is 0 Å². The van der Waals surface area contributed by atoms with E-state index in [1.165, 1.54) is 9.31 Å². The summed E-state index contributed by atoms with van der Waals surface area (Å²) in [5.74, 6) is -0.401. The molecule has 2 aromatic carbocycles. The summed E-state index contributed by atoms with van der Waals surface area (Å²) in [4.78, 5) is 27.3. The highest BCUT2D eigenvalue weighted by Crippen LogP contribution is 2.22. The van der Waals surface area contributed by atoms with Gasteiger partial charge in [-0.2, -0.15) is 9.41 Å². The summed E-state index contributed by atoms with van der Waals surface area (Å²) in [6.07, 6.45) is 0.488. The van der Waals surface area contributed by atoms with E-state index >= 15 is 0 Å². The zero-order valence-electron chi connectivity index (χ0n) is 18.2. The number of anilines is 1. The molecule has 0 N–H and O–H groups in total. The molecule has 2 aliphatic heterocycles. The molecule has 2 amide bonds. The zero-order chi connectivity index (χ0) is 22.9. The number of sulfonamides is 1. The van der Waals surface area contributed by atoms with Gasteiger partial charge in [-0.25, -0.2) is 13.4 Å². The van der Waals surface area contributed by atoms with Crippen LogP contribution in [0.4, 0.5) is 5.69 Å². The van der Waals surface area contributed by atoms with E-state index in [4.69, 9.17) is 0 Å². The molecule has 0 spiro atoms. The van der Waals surface area contributed by atoms with E-state index in [0.717, 1.165) is 11.1 Å². The summed E-state index contributed by atoms with van der Waals surface area (Å²) in [7, 11) is -3.60. The van der Waals surface area contributed by atoms with Crippen LogP contribution in [0.15, 0.2) is 58.5 Å². The predicted molar refractivity (Wildman–Crippen MR) is 122 cm³/mol. The molecule has 0 aliphatic carbocycles. The Morgan fingerprint density at radius 2 is 1.41 bits per heavy atom. The van der Waals surface area contributed by atoms with Crippen LogP contribution in [0.2, 0.25) is 0 Å². The number of aryl methyl sites for hydroxylation is 2. The van der Waals surface area contributed by atoms with Crippen LogP contribution in [0.3, 0.4) is 0 Å². The standard InChI is InChI=1S/C23H26N4O4S/c1-17-3-7-19(8-4-17)27-22(28)12-11-21(24-27)23(29)25-13-15-26(16-14-25)32(30,31)20-9-5-18(2)6-10-20/h3-10H,11-16H2,1-2H3. The van der Waals surface area contributed by atoms with E-state index in [2.05, 4.69) is 5.10 Å². The number of nitrogens with zero attached hydrogens (tertiary/aromatic N) is 4. The van der Waals surface area contributed by atoms with Crippen molar-refractivity contribution in [1.29, 1.82) is 0 Å². The number of hydrogen-bond donors (Lipinski definition) is 0. The molecule has 168 valence electrons. The Morgan fingerprint density at radius 1 is 0.844 bits per heavy atom. The lowest BCUT2D eigenvalue weighted by molar-refractivity contribution is -0.125. The Balaban J connectivity index is 1.45. The van der Waals surface area contributed by atoms with E-state index in [-0.39, 0.29) is 55.7 Å². The topological polar surface area (TPSA) is 90.4 Å². The van der Waals surface area contributed by atoms with Gasteiger partial charge in [-0.1, -0.05) is 35.4 Å². The van der Waals surface area contributed by atoms with Crippen LogP contribution >= 0.6 is 0 Å². The number of rotatable bonds is 4. The third-order valence-electron chi connectivity index (χ3n) is 5.74. The molecule has 32 heavy (non-hydrogen) atoms. The average Bonchev–Trinajstić information content (AvgIpc) is 2.80. The van der Waals surface area contributed by atoms with Crippen LogP contribution in [0, 0.1) is 13.8 Å². The minimum atomic E-state index is -3.60. The molecule has 0 atom stereocenters. The van der Waals surface area contributed by atoms with Crippen molar-refractivity contribution in [3.63, 3.8) is 0 Å². The van der Waals surface area contributed by atoms with E-state index in [1.54, 1.807) is 41.3 Å². The van der Waals surface area contributed by atoms with Crippen molar-refractivity contribution in [2.45, 2.75) is 31.6 Å². The largest absolute Gasteiger partial charge is 0.335 e. The van der Waals surface area contributed by atoms with E-state index < -0.39 is 10.0 Å². The molecule has 0 radical (unpaired) electrons. The third-order valence-corrected chi connectivity index (χ3v) is 7.66. The molecule has 0 aromatic heterocycles. The molecule has 2 aromatic rings. The fourth-order valence-electron chi connectivity index (χ4n) is 3.77. The molecule has 8 nitrogen and oxygen atoms in total. The number of benzene rings is 2. The minimum Gasteiger partial charge on any atom is -0.335 e. The van der Waals surface area contributed by atoms with E-state index in [9.17, 15) is 18.0 Å². The first-order chi connectivity index (χ1) is 15.3. The van der Waals surface area contributed by atoms with Crippen molar-refractivity contribution in [1.82, 2.24) is 9.21 Å². The van der Waals surface area contributed by atoms with Crippen molar-refractivity contribution >= 4 is 33.2 Å². The average molecular weight is 455 g/mol. The summed E-state index contributed by atoms with van der Waals surface area (Å²) in [5, 5.41) is 5.62. The monoisotopic (exact) mass is 454 g/mol. The van der Waals surface area contributed by atoms with Crippen LogP contribution in [0.5, 0.6) is 0 Å². The number of piperazine rings is 1. The van der Waals surface area contributed by atoms with Crippen molar-refractivity contribution < 1.29 is 18.0 Å². The second-order valence-corrected chi connectivity index (χ2v) is 10.0. The van der Waals surface area contributed by atoms with Gasteiger partial charge in [0.1, 0.15) is 5.71 Å². The SMILES string of the molecule is Cc1ccc(N2N=C(C(=O)N3CCN(S(=O)(=O)c4ccc(C)cc4)CC3)CCC2=O)cc1. The van der Waals surface area contributed by atoms with Crippen molar-refractivity contribution in [2.24, 2.45) is 5.10 Å². The Morgan fingerprint density at radius 3 is 2.00 bits per heavy atom. The van der Waals surface area contributed by atoms with Gasteiger partial charge in [0, 0.05) is 39.0 Å². The number of hydrogen-bond acceptors (Lipinski definition) is 5. The Hall–Kier alpha value is -3.04. The number of carbonyl (C=O) groups excluding carboxylic acids is 2. The smallest absolute Gasteiger partial charge is 0.270 e. The van der Waals surface area contributed by atoms with Crippen LogP contribution in [-0.2, 0) is 19.6 Å². The highest BCUT2D eigenvalue weighted by molar-refractivity contribution is 7.89. The Kier molecular flexibility index (Phi) is 6.12. The second kappa shape index (κ2) is 8.84. The van der Waals surface area contributed by atoms with E-state index in [0.29, 0.717) is 11.4 Å². The fraction of sp³-hybridized carbons (Fsp3) is 0.348. The van der Waals surface area contributed by atoms with Gasteiger partial charge in [0.15, 0.2) is 0 Å². The lowest BCUT2D eigenvalue weighted by atomic mass is 10.1. The third kappa shape index (κ3) is 4.44. The molecule has 9 heteroatoms. The maximum Gasteiger partial charge on any atom is 0.270 e. The summed E-state index contributed by atoms with van der Waals surface area (Å²) in [6, 6.07) is 14.1. The van der Waals surface area contributed by atoms with Gasteiger partial charge in [-0.3, -0.25) is 9.59 Å². The van der Waals surface area contributed by atoms with Gasteiger partial charge in [0.25, 0.3) is 5.91 Å². The molecule has 0 unspecified atom stereocenters. The Bertz CT molecular complexity index is 1150. The first-order valence-corrected chi connectivity index (χ1v) is 12.0. The predicted octanol–water partition coefficient (Wildman–Crippen LogP) is 2.32. The summed E-state index contributed by atoms with van der Waals surface area (Å²) in [5.41, 5.74) is 3.00. The lowest BCUT2D eigenvalue weighted by Crippen LogP contribution is -2.52. The minimum absolute atomic E-state index is 0.153. The quantitative estimate of drug-likeness (QED) is 0.709. The Labute approximate surface area is 188 Å². The molecule has 2 aliphatic rings. The van der Waals surface area contributed by atoms with Gasteiger partial charge in [0.05, 0.1) is 10.6 Å². The molecular weight excluding hydrogens is 428 g/mol. The van der Waals surface area contributed by atoms with Crippen LogP contribution in [0.25, 0.3) is 0 Å². The maximum atomic E-state index is 13.0. The summed E-state index contributed by atoms with van der Waals surface area (Å²) >= 11 is 0. The molecule has 0 saturated carbocycles. The highest BCUT2D eigenvalue weighted by Gasteiger charge is 2.33. The van der Waals surface area contributed by atoms with E-state index in [1.807, 2.05) is 26.0 Å². The highest BCUT2D eigenvalue weighted by atomic mass is 32.2. The number of carbonyl (C=O) groups is 2. The molecule has 1 saturated heterocycles. The van der Waals surface area contributed by atoms with Crippen molar-refractivity contribution in [3.8, 4) is 0 Å². The zero-order valence-corrected chi connectivity index (χ0v) is 19.0. The van der Waals surface area contributed by atoms with Crippen LogP contribution in [0.1, 0.15) is 24.0 Å². The maximum absolute atomic E-state index is 13.0. The summed E-state index contributed by atoms with van der Waals surface area (Å²) in [6.45, 7) is 4.86. The first kappa shape index (κ1) is 22.2. The second-order valence-electron chi connectivity index (χ2n) is 8.10. The number of amides is 2. The molecule has 4 rings (SSSR count). The molecule has 2 heterocycles. The molecular formula is C23H26N4O4S. The molecule has 0 bridgehead atoms. The van der Waals surface area contributed by atoms with Gasteiger partial charge in [-0.05, 0) is 38.1 Å². The normalized spacial score (nSPS) is 17.9. The first-order valence-electron chi connectivity index (χ1n) is 10.6. The van der Waals surface area contributed by atoms with Crippen LogP contribution in [-0.4, -0.2) is 61.3 Å². The van der Waals surface area contributed by atoms with Crippen LogP contribution < -0.4 is 5.01 Å².